The van der Waals surface area contributed by atoms with E-state index < -0.39 is 5.97 Å². The number of amides is 1. The van der Waals surface area contributed by atoms with E-state index in [1.165, 1.54) is 17.8 Å². The Balaban J connectivity index is 1.38. The first kappa shape index (κ1) is 21.0. The molecule has 4 rings (SSSR count). The highest BCUT2D eigenvalue weighted by Crippen LogP contribution is 2.25. The Bertz CT molecular complexity index is 1280. The Labute approximate surface area is 186 Å². The van der Waals surface area contributed by atoms with Crippen molar-refractivity contribution in [3.8, 4) is 0 Å². The summed E-state index contributed by atoms with van der Waals surface area (Å²) >= 11 is 2.56. The number of nitrogens with zero attached hydrogens (tertiary/aromatic N) is 4. The molecule has 0 aliphatic rings. The van der Waals surface area contributed by atoms with Crippen LogP contribution >= 0.6 is 23.1 Å². The molecule has 1 N–H and O–H groups in total. The lowest BCUT2D eigenvalue weighted by Gasteiger charge is -2.04. The summed E-state index contributed by atoms with van der Waals surface area (Å²) < 4.78 is 7.02. The molecule has 3 aromatic heterocycles. The van der Waals surface area contributed by atoms with Gasteiger partial charge in [-0.1, -0.05) is 54.0 Å². The number of pyridine rings is 1. The number of esters is 1. The zero-order valence-corrected chi connectivity index (χ0v) is 18.3. The number of benzene rings is 1. The van der Waals surface area contributed by atoms with Gasteiger partial charge in [-0.05, 0) is 30.5 Å². The van der Waals surface area contributed by atoms with Crippen molar-refractivity contribution >= 4 is 56.7 Å². The van der Waals surface area contributed by atoms with Gasteiger partial charge in [0, 0.05) is 12.2 Å². The molecule has 158 valence electrons. The molecule has 1 amide bonds. The van der Waals surface area contributed by atoms with Crippen molar-refractivity contribution in [3.05, 3.63) is 59.6 Å². The number of fused-ring (bicyclic) bond motifs is 3. The highest BCUT2D eigenvalue weighted by atomic mass is 32.2. The Hall–Kier alpha value is -3.24. The van der Waals surface area contributed by atoms with Crippen LogP contribution in [0.5, 0.6) is 0 Å². The van der Waals surface area contributed by atoms with Crippen molar-refractivity contribution in [2.75, 3.05) is 17.7 Å². The van der Waals surface area contributed by atoms with E-state index in [2.05, 4.69) is 27.1 Å². The molecule has 0 saturated heterocycles. The number of thiazole rings is 1. The molecular formula is C21H19N5O3S2. The highest BCUT2D eigenvalue weighted by Gasteiger charge is 2.18. The first-order valence-electron chi connectivity index (χ1n) is 9.48. The molecule has 0 spiro atoms. The molecule has 0 aliphatic heterocycles. The molecule has 0 atom stereocenters. The van der Waals surface area contributed by atoms with Crippen molar-refractivity contribution < 1.29 is 14.3 Å². The van der Waals surface area contributed by atoms with E-state index in [9.17, 15) is 9.59 Å². The van der Waals surface area contributed by atoms with E-state index in [1.807, 2.05) is 40.8 Å². The lowest BCUT2D eigenvalue weighted by Crippen LogP contribution is -2.12. The number of para-hydroxylation sites is 1. The minimum atomic E-state index is -0.475. The van der Waals surface area contributed by atoms with E-state index in [4.69, 9.17) is 4.74 Å². The van der Waals surface area contributed by atoms with Gasteiger partial charge in [-0.3, -0.25) is 9.20 Å². The van der Waals surface area contributed by atoms with Crippen LogP contribution in [0.4, 0.5) is 5.13 Å². The third-order valence-electron chi connectivity index (χ3n) is 4.37. The van der Waals surface area contributed by atoms with Crippen molar-refractivity contribution in [1.29, 1.82) is 0 Å². The van der Waals surface area contributed by atoms with Gasteiger partial charge in [0.05, 0.1) is 11.2 Å². The van der Waals surface area contributed by atoms with Gasteiger partial charge in [-0.2, -0.15) is 0 Å². The van der Waals surface area contributed by atoms with Gasteiger partial charge in [0.15, 0.2) is 15.9 Å². The molecular weight excluding hydrogens is 434 g/mol. The number of thioether (sulfide) groups is 1. The smallest absolute Gasteiger partial charge is 0.350 e. The molecule has 1 aromatic carbocycles. The largest absolute Gasteiger partial charge is 0.457 e. The van der Waals surface area contributed by atoms with Gasteiger partial charge in [-0.15, -0.1) is 10.2 Å². The number of rotatable bonds is 8. The first-order chi connectivity index (χ1) is 15.1. The van der Waals surface area contributed by atoms with Crippen LogP contribution in [-0.2, 0) is 9.53 Å². The van der Waals surface area contributed by atoms with Crippen LogP contribution in [0.2, 0.25) is 0 Å². The molecule has 0 unspecified atom stereocenters. The van der Waals surface area contributed by atoms with Crippen LogP contribution in [0.1, 0.15) is 21.8 Å². The maximum atomic E-state index is 12.3. The van der Waals surface area contributed by atoms with Crippen molar-refractivity contribution in [2.24, 2.45) is 0 Å². The third-order valence-corrected chi connectivity index (χ3v) is 6.35. The molecule has 0 saturated carbocycles. The average molecular weight is 454 g/mol. The number of aryl methyl sites for hydroxylation is 1. The molecule has 0 radical (unpaired) electrons. The Morgan fingerprint density at radius 2 is 2.10 bits per heavy atom. The topological polar surface area (TPSA) is 98.5 Å². The first-order valence-corrected chi connectivity index (χ1v) is 11.3. The quantitative estimate of drug-likeness (QED) is 0.243. The predicted octanol–water partition coefficient (Wildman–Crippen LogP) is 4.11. The van der Waals surface area contributed by atoms with Gasteiger partial charge in [0.25, 0.3) is 0 Å². The second-order valence-electron chi connectivity index (χ2n) is 6.54. The maximum Gasteiger partial charge on any atom is 0.350 e. The Morgan fingerprint density at radius 3 is 2.94 bits per heavy atom. The second kappa shape index (κ2) is 9.27. The minimum Gasteiger partial charge on any atom is -0.457 e. The van der Waals surface area contributed by atoms with Gasteiger partial charge < -0.3 is 10.1 Å². The van der Waals surface area contributed by atoms with Crippen molar-refractivity contribution in [2.45, 2.75) is 18.5 Å². The Kier molecular flexibility index (Phi) is 6.28. The third kappa shape index (κ3) is 4.59. The van der Waals surface area contributed by atoms with Crippen LogP contribution in [0.25, 0.3) is 16.6 Å². The fraction of sp³-hybridized carbons (Fsp3) is 0.190. The normalized spacial score (nSPS) is 11.0. The van der Waals surface area contributed by atoms with Crippen LogP contribution in [0.15, 0.2) is 54.2 Å². The van der Waals surface area contributed by atoms with Gasteiger partial charge in [-0.25, -0.2) is 9.78 Å². The second-order valence-corrected chi connectivity index (χ2v) is 8.60. The summed E-state index contributed by atoms with van der Waals surface area (Å²) in [6, 6.07) is 12.0. The molecule has 0 fully saturated rings. The summed E-state index contributed by atoms with van der Waals surface area (Å²) in [7, 11) is 0. The zero-order chi connectivity index (χ0) is 21.8. The van der Waals surface area contributed by atoms with Crippen LogP contribution in [0.3, 0.4) is 0 Å². The monoisotopic (exact) mass is 453 g/mol. The van der Waals surface area contributed by atoms with E-state index in [0.29, 0.717) is 21.5 Å². The van der Waals surface area contributed by atoms with Crippen LogP contribution in [-0.4, -0.2) is 43.8 Å². The lowest BCUT2D eigenvalue weighted by atomic mass is 10.2. The fourth-order valence-electron chi connectivity index (χ4n) is 2.96. The molecule has 0 aliphatic carbocycles. The number of hydrogen-bond donors (Lipinski definition) is 1. The summed E-state index contributed by atoms with van der Waals surface area (Å²) in [4.78, 5) is 29.0. The van der Waals surface area contributed by atoms with E-state index in [-0.39, 0.29) is 18.9 Å². The van der Waals surface area contributed by atoms with E-state index >= 15 is 0 Å². The number of hydrogen-bond acceptors (Lipinski definition) is 8. The zero-order valence-electron chi connectivity index (χ0n) is 16.7. The molecule has 10 heteroatoms. The van der Waals surface area contributed by atoms with Gasteiger partial charge in [0.1, 0.15) is 11.5 Å². The standard InChI is InChI=1S/C21H19N5O3S2/c1-3-11-29-19(28)18-13(2)22-20(31-18)23-17(27)10-12-30-21-25-24-16-9-8-14-6-4-5-7-15(14)26(16)21/h3-9H,1,10-12H2,2H3,(H,22,23,27). The highest BCUT2D eigenvalue weighted by molar-refractivity contribution is 7.99. The number of ether oxygens (including phenoxy) is 1. The number of aromatic nitrogens is 4. The predicted molar refractivity (Wildman–Crippen MR) is 122 cm³/mol. The number of anilines is 1. The van der Waals surface area contributed by atoms with E-state index in [1.54, 1.807) is 6.92 Å². The minimum absolute atomic E-state index is 0.127. The Morgan fingerprint density at radius 1 is 1.26 bits per heavy atom. The fourth-order valence-corrected chi connectivity index (χ4v) is 4.73. The summed E-state index contributed by atoms with van der Waals surface area (Å²) in [5.41, 5.74) is 2.30. The molecule has 3 heterocycles. The SMILES string of the molecule is C=CCOC(=O)c1sc(NC(=O)CCSc2nnc3ccc4ccccc4n23)nc1C. The maximum absolute atomic E-state index is 12.3. The molecule has 31 heavy (non-hydrogen) atoms. The average Bonchev–Trinajstić information content (AvgIpc) is 3.35. The van der Waals surface area contributed by atoms with Crippen molar-refractivity contribution in [1.82, 2.24) is 19.6 Å². The number of nitrogens with one attached hydrogen (secondary N) is 1. The summed E-state index contributed by atoms with van der Waals surface area (Å²) in [5.74, 6) is -0.142. The summed E-state index contributed by atoms with van der Waals surface area (Å²) in [5, 5.41) is 13.4. The van der Waals surface area contributed by atoms with Gasteiger partial charge in [0.2, 0.25) is 5.91 Å². The van der Waals surface area contributed by atoms with Crippen LogP contribution < -0.4 is 5.32 Å². The lowest BCUT2D eigenvalue weighted by molar-refractivity contribution is -0.115. The number of carbonyl (C=O) groups is 2. The number of carbonyl (C=O) groups excluding carboxylic acids is 2. The molecule has 8 nitrogen and oxygen atoms in total. The molecule has 4 aromatic rings. The van der Waals surface area contributed by atoms with E-state index in [0.717, 1.165) is 33.0 Å². The molecule has 0 bridgehead atoms. The van der Waals surface area contributed by atoms with Gasteiger partial charge >= 0.3 is 5.97 Å². The van der Waals surface area contributed by atoms with Crippen molar-refractivity contribution in [3.63, 3.8) is 0 Å². The van der Waals surface area contributed by atoms with Crippen LogP contribution in [0, 0.1) is 6.92 Å². The summed E-state index contributed by atoms with van der Waals surface area (Å²) in [6.07, 6.45) is 1.76. The summed E-state index contributed by atoms with van der Waals surface area (Å²) in [6.45, 7) is 5.34.